The highest BCUT2D eigenvalue weighted by molar-refractivity contribution is 6.10. The number of hydrogen-bond donors (Lipinski definition) is 1. The third-order valence-corrected chi connectivity index (χ3v) is 5.09. The maximum atomic E-state index is 14.6. The van der Waals surface area contributed by atoms with E-state index in [2.05, 4.69) is 20.2 Å². The molecule has 2 heterocycles. The van der Waals surface area contributed by atoms with Gasteiger partial charge in [0.2, 0.25) is 0 Å². The van der Waals surface area contributed by atoms with Gasteiger partial charge in [0.15, 0.2) is 17.4 Å². The summed E-state index contributed by atoms with van der Waals surface area (Å²) in [6.07, 6.45) is 4.87. The Morgan fingerprint density at radius 2 is 1.82 bits per heavy atom. The molecule has 33 heavy (non-hydrogen) atoms. The van der Waals surface area contributed by atoms with E-state index in [1.165, 1.54) is 18.2 Å². The molecule has 2 aromatic heterocycles. The standard InChI is InChI=1S/C25H16F2N4O2/c26-20-10-18(33-14-15-4-2-1-3-5-15)9-19(24(20)27)25(32)16-6-7-21-22(8-16)31-23(13-28-21)17-11-29-30-12-17/h1-13H,14H2,(H,29,30). The highest BCUT2D eigenvalue weighted by atomic mass is 19.2. The Hall–Kier alpha value is -4.46. The fourth-order valence-electron chi connectivity index (χ4n) is 3.39. The number of nitrogens with one attached hydrogen (secondary N) is 1. The molecular formula is C25H16F2N4O2. The summed E-state index contributed by atoms with van der Waals surface area (Å²) in [6, 6.07) is 16.0. The van der Waals surface area contributed by atoms with Crippen molar-refractivity contribution < 1.29 is 18.3 Å². The lowest BCUT2D eigenvalue weighted by atomic mass is 10.0. The lowest BCUT2D eigenvalue weighted by Gasteiger charge is -2.10. The fourth-order valence-corrected chi connectivity index (χ4v) is 3.39. The molecule has 0 bridgehead atoms. The SMILES string of the molecule is O=C(c1ccc2ncc(-c3cn[nH]c3)nc2c1)c1cc(OCc2ccccc2)cc(F)c1F. The largest absolute Gasteiger partial charge is 0.489 e. The summed E-state index contributed by atoms with van der Waals surface area (Å²) in [4.78, 5) is 21.9. The molecule has 162 valence electrons. The van der Waals surface area contributed by atoms with Gasteiger partial charge in [-0.05, 0) is 29.8 Å². The van der Waals surface area contributed by atoms with Crippen LogP contribution in [0.5, 0.6) is 5.75 Å². The van der Waals surface area contributed by atoms with Crippen molar-refractivity contribution in [1.82, 2.24) is 20.2 Å². The van der Waals surface area contributed by atoms with E-state index in [1.807, 2.05) is 30.3 Å². The molecule has 8 heteroatoms. The van der Waals surface area contributed by atoms with Crippen LogP contribution in [0.4, 0.5) is 8.78 Å². The van der Waals surface area contributed by atoms with E-state index in [4.69, 9.17) is 4.74 Å². The number of ether oxygens (including phenoxy) is 1. The maximum Gasteiger partial charge on any atom is 0.196 e. The van der Waals surface area contributed by atoms with Crippen LogP contribution in [-0.4, -0.2) is 25.9 Å². The van der Waals surface area contributed by atoms with Gasteiger partial charge in [0.1, 0.15) is 12.4 Å². The number of nitrogens with zero attached hydrogens (tertiary/aromatic N) is 3. The summed E-state index contributed by atoms with van der Waals surface area (Å²) in [5.41, 5.74) is 2.89. The van der Waals surface area contributed by atoms with E-state index >= 15 is 0 Å². The highest BCUT2D eigenvalue weighted by Gasteiger charge is 2.20. The van der Waals surface area contributed by atoms with Gasteiger partial charge < -0.3 is 4.74 Å². The predicted molar refractivity (Wildman–Crippen MR) is 118 cm³/mol. The van der Waals surface area contributed by atoms with Crippen LogP contribution in [-0.2, 0) is 6.61 Å². The number of hydrogen-bond acceptors (Lipinski definition) is 5. The molecule has 3 aromatic carbocycles. The molecule has 0 atom stereocenters. The zero-order valence-electron chi connectivity index (χ0n) is 17.1. The van der Waals surface area contributed by atoms with Crippen LogP contribution in [0, 0.1) is 11.6 Å². The van der Waals surface area contributed by atoms with Gasteiger partial charge in [0.25, 0.3) is 0 Å². The van der Waals surface area contributed by atoms with Crippen molar-refractivity contribution in [2.45, 2.75) is 6.61 Å². The van der Waals surface area contributed by atoms with E-state index in [-0.39, 0.29) is 17.9 Å². The number of halogens is 2. The van der Waals surface area contributed by atoms with Gasteiger partial charge >= 0.3 is 0 Å². The molecule has 0 saturated carbocycles. The van der Waals surface area contributed by atoms with Crippen molar-refractivity contribution in [3.63, 3.8) is 0 Å². The minimum atomic E-state index is -1.23. The second-order valence-corrected chi connectivity index (χ2v) is 7.32. The summed E-state index contributed by atoms with van der Waals surface area (Å²) in [7, 11) is 0. The Kier molecular flexibility index (Phi) is 5.32. The average Bonchev–Trinajstić information content (AvgIpc) is 3.39. The highest BCUT2D eigenvalue weighted by Crippen LogP contribution is 2.25. The van der Waals surface area contributed by atoms with Gasteiger partial charge in [-0.1, -0.05) is 30.3 Å². The molecule has 0 aliphatic rings. The molecule has 0 aliphatic carbocycles. The van der Waals surface area contributed by atoms with E-state index in [0.29, 0.717) is 16.7 Å². The van der Waals surface area contributed by atoms with Gasteiger partial charge in [-0.25, -0.2) is 13.8 Å². The second-order valence-electron chi connectivity index (χ2n) is 7.32. The first-order chi connectivity index (χ1) is 16.1. The van der Waals surface area contributed by atoms with Crippen molar-refractivity contribution in [2.24, 2.45) is 0 Å². The Balaban J connectivity index is 1.47. The zero-order valence-corrected chi connectivity index (χ0v) is 17.1. The van der Waals surface area contributed by atoms with E-state index in [1.54, 1.807) is 24.7 Å². The first-order valence-electron chi connectivity index (χ1n) is 10.0. The number of aromatic nitrogens is 4. The van der Waals surface area contributed by atoms with E-state index < -0.39 is 23.0 Å². The summed E-state index contributed by atoms with van der Waals surface area (Å²) >= 11 is 0. The minimum absolute atomic E-state index is 0.0592. The number of rotatable bonds is 6. The first-order valence-corrected chi connectivity index (χ1v) is 10.0. The van der Waals surface area contributed by atoms with Gasteiger partial charge in [-0.15, -0.1) is 0 Å². The van der Waals surface area contributed by atoms with Crippen LogP contribution >= 0.6 is 0 Å². The van der Waals surface area contributed by atoms with Gasteiger partial charge in [0.05, 0.1) is 34.7 Å². The van der Waals surface area contributed by atoms with Crippen LogP contribution in [0.25, 0.3) is 22.3 Å². The molecular weight excluding hydrogens is 426 g/mol. The van der Waals surface area contributed by atoms with Crippen molar-refractivity contribution in [3.8, 4) is 17.0 Å². The van der Waals surface area contributed by atoms with Crippen LogP contribution < -0.4 is 4.74 Å². The zero-order chi connectivity index (χ0) is 22.8. The van der Waals surface area contributed by atoms with Gasteiger partial charge in [-0.2, -0.15) is 5.10 Å². The van der Waals surface area contributed by atoms with Gasteiger partial charge in [0, 0.05) is 23.4 Å². The summed E-state index contributed by atoms with van der Waals surface area (Å²) in [5, 5.41) is 6.59. The lowest BCUT2D eigenvalue weighted by molar-refractivity contribution is 0.103. The van der Waals surface area contributed by atoms with Crippen LogP contribution in [0.2, 0.25) is 0 Å². The number of aromatic amines is 1. The van der Waals surface area contributed by atoms with Crippen LogP contribution in [0.15, 0.2) is 79.3 Å². The van der Waals surface area contributed by atoms with Crippen molar-refractivity contribution in [2.75, 3.05) is 0 Å². The van der Waals surface area contributed by atoms with Gasteiger partial charge in [-0.3, -0.25) is 14.9 Å². The first kappa shape index (κ1) is 20.4. The molecule has 1 N–H and O–H groups in total. The number of H-pyrrole nitrogens is 1. The smallest absolute Gasteiger partial charge is 0.196 e. The van der Waals surface area contributed by atoms with Crippen molar-refractivity contribution in [1.29, 1.82) is 0 Å². The number of fused-ring (bicyclic) bond motifs is 1. The molecule has 0 saturated heterocycles. The third kappa shape index (κ3) is 4.18. The molecule has 6 nitrogen and oxygen atoms in total. The van der Waals surface area contributed by atoms with Crippen LogP contribution in [0.3, 0.4) is 0 Å². The average molecular weight is 442 g/mol. The lowest BCUT2D eigenvalue weighted by Crippen LogP contribution is -2.08. The summed E-state index contributed by atoms with van der Waals surface area (Å²) in [5.74, 6) is -3.02. The quantitative estimate of drug-likeness (QED) is 0.370. The molecule has 0 fully saturated rings. The maximum absolute atomic E-state index is 14.6. The topological polar surface area (TPSA) is 80.8 Å². The molecule has 5 rings (SSSR count). The summed E-state index contributed by atoms with van der Waals surface area (Å²) in [6.45, 7) is 0.155. The Morgan fingerprint density at radius 3 is 2.61 bits per heavy atom. The molecule has 5 aromatic rings. The van der Waals surface area contributed by atoms with E-state index in [0.717, 1.165) is 17.2 Å². The third-order valence-electron chi connectivity index (χ3n) is 5.09. The molecule has 0 unspecified atom stereocenters. The molecule has 0 spiro atoms. The number of carbonyl (C=O) groups excluding carboxylic acids is 1. The van der Waals surface area contributed by atoms with Crippen LogP contribution in [0.1, 0.15) is 21.5 Å². The number of benzene rings is 3. The molecule has 0 aliphatic heterocycles. The Labute approximate surface area is 186 Å². The fraction of sp³-hybridized carbons (Fsp3) is 0.0400. The van der Waals surface area contributed by atoms with E-state index in [9.17, 15) is 13.6 Å². The summed E-state index contributed by atoms with van der Waals surface area (Å²) < 4.78 is 34.4. The molecule has 0 amide bonds. The predicted octanol–water partition coefficient (Wildman–Crippen LogP) is 5.11. The Morgan fingerprint density at radius 1 is 0.970 bits per heavy atom. The number of carbonyl (C=O) groups is 1. The second kappa shape index (κ2) is 8.58. The van der Waals surface area contributed by atoms with Crippen molar-refractivity contribution >= 4 is 16.8 Å². The monoisotopic (exact) mass is 442 g/mol. The van der Waals surface area contributed by atoms with Crippen molar-refractivity contribution in [3.05, 3.63) is 108 Å². The number of ketones is 1. The minimum Gasteiger partial charge on any atom is -0.489 e. The Bertz CT molecular complexity index is 1450. The normalized spacial score (nSPS) is 11.0. The molecule has 0 radical (unpaired) electrons.